The predicted octanol–water partition coefficient (Wildman–Crippen LogP) is 0.995. The molecule has 0 saturated carbocycles. The summed E-state index contributed by atoms with van der Waals surface area (Å²) in [6, 6.07) is 5.24. The fourth-order valence-corrected chi connectivity index (χ4v) is 2.65. The van der Waals surface area contributed by atoms with Gasteiger partial charge < -0.3 is 15.8 Å². The Morgan fingerprint density at radius 2 is 2.05 bits per heavy atom. The van der Waals surface area contributed by atoms with Gasteiger partial charge >= 0.3 is 0 Å². The summed E-state index contributed by atoms with van der Waals surface area (Å²) in [5, 5.41) is 2.72. The Morgan fingerprint density at radius 1 is 1.38 bits per heavy atom. The van der Waals surface area contributed by atoms with Gasteiger partial charge in [-0.25, -0.2) is 0 Å². The number of benzene rings is 1. The molecule has 1 aromatic carbocycles. The van der Waals surface area contributed by atoms with E-state index in [4.69, 9.17) is 10.5 Å². The second-order valence-corrected chi connectivity index (χ2v) is 5.54. The Balaban J connectivity index is 2.09. The molecule has 3 N–H and O–H groups in total. The van der Waals surface area contributed by atoms with Gasteiger partial charge in [0.2, 0.25) is 11.8 Å². The van der Waals surface area contributed by atoms with Gasteiger partial charge in [-0.1, -0.05) is 18.2 Å². The van der Waals surface area contributed by atoms with Crippen molar-refractivity contribution in [3.8, 4) is 0 Å². The Hall–Kier alpha value is -1.88. The topological polar surface area (TPSA) is 81.4 Å². The van der Waals surface area contributed by atoms with Gasteiger partial charge in [-0.15, -0.1) is 0 Å². The van der Waals surface area contributed by atoms with Gasteiger partial charge in [0, 0.05) is 13.0 Å². The summed E-state index contributed by atoms with van der Waals surface area (Å²) >= 11 is 0. The Morgan fingerprint density at radius 3 is 2.57 bits per heavy atom. The molecule has 0 unspecified atom stereocenters. The molecule has 0 spiro atoms. The summed E-state index contributed by atoms with van der Waals surface area (Å²) in [6.07, 6.45) is 1.52. The number of hydrogen-bond donors (Lipinski definition) is 2. The minimum absolute atomic E-state index is 0.248. The molecule has 0 aliphatic carbocycles. The Bertz CT molecular complexity index is 516. The van der Waals surface area contributed by atoms with Crippen LogP contribution in [-0.2, 0) is 20.7 Å². The van der Waals surface area contributed by atoms with Crippen molar-refractivity contribution in [2.75, 3.05) is 6.61 Å². The summed E-state index contributed by atoms with van der Waals surface area (Å²) in [5.74, 6) is -0.772. The fraction of sp³-hybridized carbons (Fsp3) is 0.500. The van der Waals surface area contributed by atoms with Gasteiger partial charge in [0.1, 0.15) is 12.1 Å². The first-order chi connectivity index (χ1) is 9.99. The first-order valence-corrected chi connectivity index (χ1v) is 7.25. The number of aryl methyl sites for hydroxylation is 2. The largest absolute Gasteiger partial charge is 0.368 e. The van der Waals surface area contributed by atoms with Crippen LogP contribution in [0, 0.1) is 13.8 Å². The second kappa shape index (κ2) is 6.72. The Kier molecular flexibility index (Phi) is 4.96. The van der Waals surface area contributed by atoms with E-state index in [1.807, 2.05) is 32.0 Å². The molecule has 1 saturated heterocycles. The van der Waals surface area contributed by atoms with Crippen LogP contribution in [-0.4, -0.2) is 30.6 Å². The van der Waals surface area contributed by atoms with Crippen molar-refractivity contribution in [2.24, 2.45) is 5.73 Å². The highest BCUT2D eigenvalue weighted by Crippen LogP contribution is 2.16. The van der Waals surface area contributed by atoms with Crippen molar-refractivity contribution in [2.45, 2.75) is 45.3 Å². The first kappa shape index (κ1) is 15.5. The number of nitrogens with one attached hydrogen (secondary N) is 1. The molecule has 2 rings (SSSR count). The number of hydrogen-bond acceptors (Lipinski definition) is 3. The van der Waals surface area contributed by atoms with E-state index < -0.39 is 18.1 Å². The lowest BCUT2D eigenvalue weighted by molar-refractivity contribution is -0.133. The highest BCUT2D eigenvalue weighted by Gasteiger charge is 2.28. The van der Waals surface area contributed by atoms with Gasteiger partial charge in [-0.2, -0.15) is 0 Å². The quantitative estimate of drug-likeness (QED) is 0.848. The van der Waals surface area contributed by atoms with Crippen molar-refractivity contribution in [1.29, 1.82) is 0 Å². The molecule has 2 amide bonds. The third-order valence-corrected chi connectivity index (χ3v) is 3.93. The lowest BCUT2D eigenvalue weighted by Gasteiger charge is -2.20. The minimum Gasteiger partial charge on any atom is -0.368 e. The van der Waals surface area contributed by atoms with Gasteiger partial charge in [0.05, 0.1) is 0 Å². The van der Waals surface area contributed by atoms with E-state index in [0.717, 1.165) is 23.1 Å². The monoisotopic (exact) mass is 290 g/mol. The van der Waals surface area contributed by atoms with E-state index >= 15 is 0 Å². The number of carbonyl (C=O) groups excluding carboxylic acids is 2. The zero-order chi connectivity index (χ0) is 15.4. The highest BCUT2D eigenvalue weighted by atomic mass is 16.5. The lowest BCUT2D eigenvalue weighted by Crippen LogP contribution is -2.49. The van der Waals surface area contributed by atoms with Crippen LogP contribution in [0.5, 0.6) is 0 Å². The molecule has 2 atom stereocenters. The van der Waals surface area contributed by atoms with Crippen molar-refractivity contribution >= 4 is 11.8 Å². The van der Waals surface area contributed by atoms with Crippen LogP contribution in [0.4, 0.5) is 0 Å². The molecule has 21 heavy (non-hydrogen) atoms. The molecule has 1 aromatic rings. The van der Waals surface area contributed by atoms with Crippen LogP contribution < -0.4 is 11.1 Å². The molecule has 1 fully saturated rings. The van der Waals surface area contributed by atoms with Gasteiger partial charge in [0.15, 0.2) is 0 Å². The summed E-state index contributed by atoms with van der Waals surface area (Å²) in [6.45, 7) is 4.57. The molecule has 1 aliphatic heterocycles. The summed E-state index contributed by atoms with van der Waals surface area (Å²) < 4.78 is 5.33. The van der Waals surface area contributed by atoms with Gasteiger partial charge in [0.25, 0.3) is 0 Å². The van der Waals surface area contributed by atoms with Crippen LogP contribution in [0.25, 0.3) is 0 Å². The molecule has 0 aromatic heterocycles. The fourth-order valence-electron chi connectivity index (χ4n) is 2.65. The summed E-state index contributed by atoms with van der Waals surface area (Å²) in [5.41, 5.74) is 8.67. The Labute approximate surface area is 124 Å². The SMILES string of the molecule is Cc1cccc(C)c1C[C@@H](NC(=O)[C@H]1CCCO1)C(N)=O. The minimum atomic E-state index is -0.707. The molecule has 1 heterocycles. The summed E-state index contributed by atoms with van der Waals surface area (Å²) in [4.78, 5) is 23.7. The van der Waals surface area contributed by atoms with Gasteiger partial charge in [-0.05, 0) is 43.4 Å². The smallest absolute Gasteiger partial charge is 0.249 e. The van der Waals surface area contributed by atoms with Gasteiger partial charge in [-0.3, -0.25) is 9.59 Å². The zero-order valence-electron chi connectivity index (χ0n) is 12.5. The first-order valence-electron chi connectivity index (χ1n) is 7.25. The predicted molar refractivity (Wildman–Crippen MR) is 79.7 cm³/mol. The number of nitrogens with two attached hydrogens (primary N) is 1. The molecule has 0 bridgehead atoms. The van der Waals surface area contributed by atoms with Crippen LogP contribution in [0.2, 0.25) is 0 Å². The van der Waals surface area contributed by atoms with Crippen LogP contribution >= 0.6 is 0 Å². The highest BCUT2D eigenvalue weighted by molar-refractivity contribution is 5.88. The molecule has 0 radical (unpaired) electrons. The van der Waals surface area contributed by atoms with Crippen molar-refractivity contribution < 1.29 is 14.3 Å². The van der Waals surface area contributed by atoms with E-state index in [1.165, 1.54) is 0 Å². The van der Waals surface area contributed by atoms with Crippen molar-refractivity contribution in [1.82, 2.24) is 5.32 Å². The molecule has 1 aliphatic rings. The third-order valence-electron chi connectivity index (χ3n) is 3.93. The number of amides is 2. The maximum absolute atomic E-state index is 12.1. The molecular weight excluding hydrogens is 268 g/mol. The lowest BCUT2D eigenvalue weighted by atomic mass is 9.96. The van der Waals surface area contributed by atoms with Crippen LogP contribution in [0.1, 0.15) is 29.5 Å². The van der Waals surface area contributed by atoms with E-state index in [0.29, 0.717) is 19.4 Å². The molecular formula is C16H22N2O3. The normalized spacial score (nSPS) is 19.2. The number of primary amides is 1. The van der Waals surface area contributed by atoms with Crippen LogP contribution in [0.15, 0.2) is 18.2 Å². The number of ether oxygens (including phenoxy) is 1. The molecule has 5 nitrogen and oxygen atoms in total. The molecule has 5 heteroatoms. The maximum Gasteiger partial charge on any atom is 0.249 e. The van der Waals surface area contributed by atoms with E-state index in [9.17, 15) is 9.59 Å². The number of rotatable bonds is 5. The standard InChI is InChI=1S/C16H22N2O3/c1-10-5-3-6-11(2)12(10)9-13(15(17)19)18-16(20)14-7-4-8-21-14/h3,5-6,13-14H,4,7-9H2,1-2H3,(H2,17,19)(H,18,20)/t13-,14-/m1/s1. The van der Waals surface area contributed by atoms with E-state index in [2.05, 4.69) is 5.32 Å². The van der Waals surface area contributed by atoms with Crippen molar-refractivity contribution in [3.05, 3.63) is 34.9 Å². The molecule has 114 valence electrons. The zero-order valence-corrected chi connectivity index (χ0v) is 12.5. The average molecular weight is 290 g/mol. The second-order valence-electron chi connectivity index (χ2n) is 5.54. The van der Waals surface area contributed by atoms with Crippen molar-refractivity contribution in [3.63, 3.8) is 0 Å². The van der Waals surface area contributed by atoms with E-state index in [-0.39, 0.29) is 5.91 Å². The average Bonchev–Trinajstić information content (AvgIpc) is 2.95. The number of carbonyl (C=O) groups is 2. The van der Waals surface area contributed by atoms with E-state index in [1.54, 1.807) is 0 Å². The van der Waals surface area contributed by atoms with Crippen LogP contribution in [0.3, 0.4) is 0 Å². The third kappa shape index (κ3) is 3.82. The summed E-state index contributed by atoms with van der Waals surface area (Å²) in [7, 11) is 0. The maximum atomic E-state index is 12.1.